The number of ketones is 1. The van der Waals surface area contributed by atoms with Gasteiger partial charge in [-0.1, -0.05) is 31.2 Å². The van der Waals surface area contributed by atoms with E-state index in [1.54, 1.807) is 20.0 Å². The molecule has 1 aromatic heterocycles. The van der Waals surface area contributed by atoms with Gasteiger partial charge >= 0.3 is 0 Å². The number of pyridine rings is 1. The third kappa shape index (κ3) is 5.68. The summed E-state index contributed by atoms with van der Waals surface area (Å²) in [6, 6.07) is 11.4. The number of benzene rings is 1. The van der Waals surface area contributed by atoms with Gasteiger partial charge in [-0.25, -0.2) is 0 Å². The summed E-state index contributed by atoms with van der Waals surface area (Å²) in [6.07, 6.45) is 2.55. The number of carbonyl (C=O) groups is 1. The van der Waals surface area contributed by atoms with E-state index in [-0.39, 0.29) is 11.7 Å². The van der Waals surface area contributed by atoms with Crippen molar-refractivity contribution >= 4 is 5.78 Å². The third-order valence-corrected chi connectivity index (χ3v) is 4.17. The normalized spacial score (nSPS) is 12.7. The molecule has 25 heavy (non-hydrogen) atoms. The van der Waals surface area contributed by atoms with Gasteiger partial charge in [-0.15, -0.1) is 0 Å². The van der Waals surface area contributed by atoms with Crippen LogP contribution in [-0.2, 0) is 16.8 Å². The highest BCUT2D eigenvalue weighted by molar-refractivity contribution is 5.81. The molecule has 0 aliphatic carbocycles. The molecule has 1 heterocycles. The summed E-state index contributed by atoms with van der Waals surface area (Å²) >= 11 is 0. The number of hydrogen-bond donors (Lipinski definition) is 1. The number of hydrogen-bond acceptors (Lipinski definition) is 4. The Morgan fingerprint density at radius 1 is 1.20 bits per heavy atom. The summed E-state index contributed by atoms with van der Waals surface area (Å²) in [5, 5.41) is 9.98. The lowest BCUT2D eigenvalue weighted by Crippen LogP contribution is -2.15. The molecular formula is C21H27NO3. The van der Waals surface area contributed by atoms with E-state index in [4.69, 9.17) is 4.74 Å². The highest BCUT2D eigenvalue weighted by Gasteiger charge is 2.16. The number of rotatable bonds is 8. The number of carbonyl (C=O) groups excluding carboxylic acids is 1. The van der Waals surface area contributed by atoms with Crippen molar-refractivity contribution in [1.82, 2.24) is 4.98 Å². The first-order chi connectivity index (χ1) is 11.8. The first kappa shape index (κ1) is 19.1. The summed E-state index contributed by atoms with van der Waals surface area (Å²) in [6.45, 7) is 8.06. The van der Waals surface area contributed by atoms with Crippen molar-refractivity contribution in [3.05, 3.63) is 59.4 Å². The Morgan fingerprint density at radius 3 is 2.40 bits per heavy atom. The fraction of sp³-hybridized carbons (Fsp3) is 0.429. The number of Topliss-reactive ketones (excluding diaryl/α,β-unsaturated/α-hetero) is 1. The van der Waals surface area contributed by atoms with E-state index in [0.717, 1.165) is 22.6 Å². The second-order valence-electron chi connectivity index (χ2n) is 6.93. The summed E-state index contributed by atoms with van der Waals surface area (Å²) in [5.74, 6) is 0.995. The van der Waals surface area contributed by atoms with E-state index >= 15 is 0 Å². The number of aliphatic hydroxyl groups is 1. The standard InChI is InChI=1S/C21H27NO3/c1-5-25-19-10-11-20(22-14-19)15(2)12-18(23)13-16-6-8-17(9-7-16)21(3,4)24/h6-11,14-15,24H,5,12-13H2,1-4H3/t15-/m0/s1. The summed E-state index contributed by atoms with van der Waals surface area (Å²) in [5.41, 5.74) is 1.84. The Kier molecular flexibility index (Phi) is 6.32. The quantitative estimate of drug-likeness (QED) is 0.788. The van der Waals surface area contributed by atoms with Crippen LogP contribution in [0.1, 0.15) is 56.9 Å². The van der Waals surface area contributed by atoms with Crippen LogP contribution >= 0.6 is 0 Å². The zero-order chi connectivity index (χ0) is 18.4. The Labute approximate surface area is 149 Å². The molecule has 0 saturated carbocycles. The van der Waals surface area contributed by atoms with Crippen LogP contribution in [0.3, 0.4) is 0 Å². The van der Waals surface area contributed by atoms with Gasteiger partial charge < -0.3 is 9.84 Å². The van der Waals surface area contributed by atoms with Crippen molar-refractivity contribution in [2.24, 2.45) is 0 Å². The molecule has 4 heteroatoms. The molecule has 0 unspecified atom stereocenters. The van der Waals surface area contributed by atoms with Crippen LogP contribution < -0.4 is 4.74 Å². The van der Waals surface area contributed by atoms with Crippen molar-refractivity contribution in [2.45, 2.75) is 52.1 Å². The lowest BCUT2D eigenvalue weighted by atomic mass is 9.94. The smallest absolute Gasteiger partial charge is 0.137 e. The van der Waals surface area contributed by atoms with Gasteiger partial charge in [0.25, 0.3) is 0 Å². The van der Waals surface area contributed by atoms with Crippen LogP contribution in [0, 0.1) is 0 Å². The number of nitrogens with zero attached hydrogens (tertiary/aromatic N) is 1. The zero-order valence-corrected chi connectivity index (χ0v) is 15.5. The molecule has 2 rings (SSSR count). The lowest BCUT2D eigenvalue weighted by Gasteiger charge is -2.18. The lowest BCUT2D eigenvalue weighted by molar-refractivity contribution is -0.118. The van der Waals surface area contributed by atoms with Gasteiger partial charge in [0.1, 0.15) is 11.5 Å². The Morgan fingerprint density at radius 2 is 1.88 bits per heavy atom. The van der Waals surface area contributed by atoms with Crippen LogP contribution in [0.4, 0.5) is 0 Å². The van der Waals surface area contributed by atoms with Crippen molar-refractivity contribution in [3.63, 3.8) is 0 Å². The minimum atomic E-state index is -0.865. The number of ether oxygens (including phenoxy) is 1. The van der Waals surface area contributed by atoms with Gasteiger partial charge in [0.05, 0.1) is 18.4 Å². The molecule has 0 bridgehead atoms. The van der Waals surface area contributed by atoms with E-state index < -0.39 is 5.60 Å². The predicted molar refractivity (Wildman–Crippen MR) is 98.8 cm³/mol. The van der Waals surface area contributed by atoms with Crippen LogP contribution in [0.5, 0.6) is 5.75 Å². The van der Waals surface area contributed by atoms with E-state index in [2.05, 4.69) is 4.98 Å². The molecular weight excluding hydrogens is 314 g/mol. The highest BCUT2D eigenvalue weighted by atomic mass is 16.5. The second-order valence-corrected chi connectivity index (χ2v) is 6.93. The average molecular weight is 341 g/mol. The Hall–Kier alpha value is -2.20. The Balaban J connectivity index is 1.92. The molecule has 1 atom stereocenters. The van der Waals surface area contributed by atoms with Gasteiger partial charge in [-0.2, -0.15) is 0 Å². The van der Waals surface area contributed by atoms with Crippen molar-refractivity contribution in [1.29, 1.82) is 0 Å². The van der Waals surface area contributed by atoms with Gasteiger partial charge in [0, 0.05) is 24.5 Å². The van der Waals surface area contributed by atoms with Crippen LogP contribution in [-0.4, -0.2) is 22.5 Å². The van der Waals surface area contributed by atoms with Crippen molar-refractivity contribution in [3.8, 4) is 5.75 Å². The molecule has 0 saturated heterocycles. The second kappa shape index (κ2) is 8.26. The molecule has 1 N–H and O–H groups in total. The summed E-state index contributed by atoms with van der Waals surface area (Å²) in [4.78, 5) is 16.7. The molecule has 1 aromatic carbocycles. The molecule has 134 valence electrons. The van der Waals surface area contributed by atoms with E-state index in [1.807, 2.05) is 50.2 Å². The minimum absolute atomic E-state index is 0.0684. The molecule has 0 amide bonds. The monoisotopic (exact) mass is 341 g/mol. The largest absolute Gasteiger partial charge is 0.492 e. The minimum Gasteiger partial charge on any atom is -0.492 e. The topological polar surface area (TPSA) is 59.4 Å². The molecule has 0 aliphatic heterocycles. The predicted octanol–water partition coefficient (Wildman–Crippen LogP) is 4.01. The van der Waals surface area contributed by atoms with Crippen LogP contribution in [0.15, 0.2) is 42.6 Å². The highest BCUT2D eigenvalue weighted by Crippen LogP contribution is 2.22. The first-order valence-electron chi connectivity index (χ1n) is 8.72. The van der Waals surface area contributed by atoms with E-state index in [1.165, 1.54) is 0 Å². The van der Waals surface area contributed by atoms with E-state index in [0.29, 0.717) is 19.4 Å². The molecule has 0 spiro atoms. The first-order valence-corrected chi connectivity index (χ1v) is 8.72. The van der Waals surface area contributed by atoms with Gasteiger partial charge in [0.2, 0.25) is 0 Å². The SMILES string of the molecule is CCOc1ccc([C@@H](C)CC(=O)Cc2ccc(C(C)(C)O)cc2)nc1. The molecule has 0 aliphatic rings. The fourth-order valence-corrected chi connectivity index (χ4v) is 2.71. The van der Waals surface area contributed by atoms with Gasteiger partial charge in [-0.05, 0) is 44.0 Å². The average Bonchev–Trinajstić information content (AvgIpc) is 2.55. The van der Waals surface area contributed by atoms with Crippen LogP contribution in [0.2, 0.25) is 0 Å². The summed E-state index contributed by atoms with van der Waals surface area (Å²) in [7, 11) is 0. The molecule has 0 radical (unpaired) electrons. The zero-order valence-electron chi connectivity index (χ0n) is 15.5. The third-order valence-electron chi connectivity index (χ3n) is 4.17. The molecule has 4 nitrogen and oxygen atoms in total. The summed E-state index contributed by atoms with van der Waals surface area (Å²) < 4.78 is 5.39. The Bertz CT molecular complexity index is 685. The maximum Gasteiger partial charge on any atom is 0.137 e. The van der Waals surface area contributed by atoms with Gasteiger partial charge in [-0.3, -0.25) is 9.78 Å². The van der Waals surface area contributed by atoms with Crippen molar-refractivity contribution < 1.29 is 14.6 Å². The number of aromatic nitrogens is 1. The maximum absolute atomic E-state index is 12.3. The maximum atomic E-state index is 12.3. The van der Waals surface area contributed by atoms with Crippen LogP contribution in [0.25, 0.3) is 0 Å². The fourth-order valence-electron chi connectivity index (χ4n) is 2.71. The van der Waals surface area contributed by atoms with Crippen molar-refractivity contribution in [2.75, 3.05) is 6.61 Å². The molecule has 0 fully saturated rings. The van der Waals surface area contributed by atoms with Gasteiger partial charge in [0.15, 0.2) is 0 Å². The van der Waals surface area contributed by atoms with E-state index in [9.17, 15) is 9.90 Å². The molecule has 2 aromatic rings.